The Morgan fingerprint density at radius 2 is 1.89 bits per heavy atom. The highest BCUT2D eigenvalue weighted by molar-refractivity contribution is 9.09. The van der Waals surface area contributed by atoms with Crippen molar-refractivity contribution in [3.8, 4) is 0 Å². The molecule has 0 spiro atoms. The van der Waals surface area contributed by atoms with E-state index in [4.69, 9.17) is 0 Å². The van der Waals surface area contributed by atoms with Crippen molar-refractivity contribution >= 4 is 21.8 Å². The van der Waals surface area contributed by atoms with Crippen LogP contribution in [0.1, 0.15) is 39.5 Å². The smallest absolute Gasteiger partial charge is 0.355 e. The lowest BCUT2D eigenvalue weighted by Gasteiger charge is -2.32. The van der Waals surface area contributed by atoms with Crippen molar-refractivity contribution in [2.75, 3.05) is 6.54 Å². The van der Waals surface area contributed by atoms with Crippen LogP contribution < -0.4 is 5.32 Å². The molecule has 1 fully saturated rings. The van der Waals surface area contributed by atoms with Gasteiger partial charge in [-0.2, -0.15) is 13.2 Å². The van der Waals surface area contributed by atoms with Crippen molar-refractivity contribution in [1.82, 2.24) is 5.32 Å². The Hall–Kier alpha value is -0.260. The molecule has 0 aromatic carbocycles. The van der Waals surface area contributed by atoms with E-state index in [1.807, 2.05) is 13.8 Å². The minimum atomic E-state index is -4.27. The van der Waals surface area contributed by atoms with Crippen molar-refractivity contribution in [1.29, 1.82) is 0 Å². The Morgan fingerprint density at radius 3 is 2.42 bits per heavy atom. The summed E-state index contributed by atoms with van der Waals surface area (Å²) in [6.07, 6.45) is -2.60. The second kappa shape index (κ2) is 6.95. The van der Waals surface area contributed by atoms with Crippen LogP contribution in [0.25, 0.3) is 0 Å². The Labute approximate surface area is 120 Å². The zero-order chi connectivity index (χ0) is 14.6. The van der Waals surface area contributed by atoms with Gasteiger partial charge in [-0.15, -0.1) is 0 Å². The van der Waals surface area contributed by atoms with Crippen LogP contribution in [0.4, 0.5) is 13.2 Å². The molecule has 3 unspecified atom stereocenters. The quantitative estimate of drug-likeness (QED) is 0.771. The lowest BCUT2D eigenvalue weighted by atomic mass is 9.78. The summed E-state index contributed by atoms with van der Waals surface area (Å²) in [5, 5.41) is 2.65. The number of nitrogens with one attached hydrogen (secondary N) is 1. The Kier molecular flexibility index (Phi) is 6.15. The van der Waals surface area contributed by atoms with Crippen molar-refractivity contribution < 1.29 is 18.0 Å². The third-order valence-electron chi connectivity index (χ3n) is 3.72. The van der Waals surface area contributed by atoms with Crippen LogP contribution >= 0.6 is 15.9 Å². The van der Waals surface area contributed by atoms with Gasteiger partial charge in [-0.25, -0.2) is 0 Å². The molecule has 1 N–H and O–H groups in total. The lowest BCUT2D eigenvalue weighted by molar-refractivity contribution is -0.198. The molecule has 6 heteroatoms. The van der Waals surface area contributed by atoms with Crippen molar-refractivity contribution in [2.45, 2.75) is 50.5 Å². The van der Waals surface area contributed by atoms with Crippen LogP contribution in [0.2, 0.25) is 0 Å². The zero-order valence-electron chi connectivity index (χ0n) is 11.3. The Balaban J connectivity index is 2.58. The second-order valence-electron chi connectivity index (χ2n) is 5.54. The molecular weight excluding hydrogens is 323 g/mol. The normalized spacial score (nSPS) is 26.3. The lowest BCUT2D eigenvalue weighted by Crippen LogP contribution is -2.44. The highest BCUT2D eigenvalue weighted by atomic mass is 79.9. The molecule has 3 atom stereocenters. The van der Waals surface area contributed by atoms with E-state index in [-0.39, 0.29) is 11.2 Å². The highest BCUT2D eigenvalue weighted by Gasteiger charge is 2.47. The second-order valence-corrected chi connectivity index (χ2v) is 6.72. The average Bonchev–Trinajstić information content (AvgIpc) is 2.34. The van der Waals surface area contributed by atoms with Gasteiger partial charge in [-0.3, -0.25) is 4.79 Å². The van der Waals surface area contributed by atoms with Crippen LogP contribution in [0.3, 0.4) is 0 Å². The van der Waals surface area contributed by atoms with E-state index < -0.39 is 23.9 Å². The molecule has 1 aliphatic carbocycles. The summed E-state index contributed by atoms with van der Waals surface area (Å²) >= 11 is 3.41. The first kappa shape index (κ1) is 16.8. The molecule has 1 aliphatic rings. The van der Waals surface area contributed by atoms with Crippen LogP contribution in [0.5, 0.6) is 0 Å². The first-order valence-corrected chi connectivity index (χ1v) is 7.63. The molecule has 0 saturated heterocycles. The van der Waals surface area contributed by atoms with Gasteiger partial charge in [0, 0.05) is 17.3 Å². The van der Waals surface area contributed by atoms with Gasteiger partial charge in [-0.1, -0.05) is 42.6 Å². The number of halogens is 4. The minimum absolute atomic E-state index is 0.0729. The predicted octanol–water partition coefficient (Wildman–Crippen LogP) is 3.89. The molecular formula is C13H21BrF3NO. The zero-order valence-corrected chi connectivity index (χ0v) is 12.9. The van der Waals surface area contributed by atoms with Gasteiger partial charge in [0.25, 0.3) is 0 Å². The number of carbonyl (C=O) groups excluding carboxylic acids is 1. The summed E-state index contributed by atoms with van der Waals surface area (Å²) in [4.78, 5) is 12.0. The average molecular weight is 344 g/mol. The SMILES string of the molecule is CC(C)C(Br)CNC(=O)C1CCCCC1C(F)(F)F. The van der Waals surface area contributed by atoms with Crippen molar-refractivity contribution in [2.24, 2.45) is 17.8 Å². The minimum Gasteiger partial charge on any atom is -0.355 e. The van der Waals surface area contributed by atoms with Crippen LogP contribution in [-0.2, 0) is 4.79 Å². The molecule has 1 amide bonds. The monoisotopic (exact) mass is 343 g/mol. The number of carbonyl (C=O) groups is 1. The largest absolute Gasteiger partial charge is 0.392 e. The van der Waals surface area contributed by atoms with Crippen molar-refractivity contribution in [3.05, 3.63) is 0 Å². The van der Waals surface area contributed by atoms with Gasteiger partial charge in [0.1, 0.15) is 0 Å². The van der Waals surface area contributed by atoms with Gasteiger partial charge in [0.05, 0.1) is 5.92 Å². The summed E-state index contributed by atoms with van der Waals surface area (Å²) < 4.78 is 38.7. The Bertz CT molecular complexity index is 307. The number of hydrogen-bond donors (Lipinski definition) is 1. The molecule has 0 aromatic heterocycles. The van der Waals surface area contributed by atoms with Gasteiger partial charge in [-0.05, 0) is 18.8 Å². The highest BCUT2D eigenvalue weighted by Crippen LogP contribution is 2.41. The summed E-state index contributed by atoms with van der Waals surface area (Å²) in [7, 11) is 0. The van der Waals surface area contributed by atoms with E-state index in [0.717, 1.165) is 0 Å². The molecule has 0 aliphatic heterocycles. The molecule has 0 heterocycles. The van der Waals surface area contributed by atoms with Gasteiger partial charge in [0.2, 0.25) is 5.91 Å². The fourth-order valence-electron chi connectivity index (χ4n) is 2.40. The maximum Gasteiger partial charge on any atom is 0.392 e. The van der Waals surface area contributed by atoms with E-state index in [1.165, 1.54) is 0 Å². The van der Waals surface area contributed by atoms with Gasteiger partial charge in [0.15, 0.2) is 0 Å². The number of rotatable bonds is 4. The van der Waals surface area contributed by atoms with E-state index in [9.17, 15) is 18.0 Å². The molecule has 1 saturated carbocycles. The third kappa shape index (κ3) is 4.97. The molecule has 0 aromatic rings. The molecule has 19 heavy (non-hydrogen) atoms. The summed E-state index contributed by atoms with van der Waals surface area (Å²) in [6, 6.07) is 0. The summed E-state index contributed by atoms with van der Waals surface area (Å²) in [5.74, 6) is -2.52. The van der Waals surface area contributed by atoms with Crippen molar-refractivity contribution in [3.63, 3.8) is 0 Å². The number of alkyl halides is 4. The molecule has 0 bridgehead atoms. The summed E-state index contributed by atoms with van der Waals surface area (Å²) in [5.41, 5.74) is 0. The van der Waals surface area contributed by atoms with Crippen LogP contribution in [0, 0.1) is 17.8 Å². The maximum atomic E-state index is 12.9. The third-order valence-corrected chi connectivity index (χ3v) is 5.10. The number of hydrogen-bond acceptors (Lipinski definition) is 1. The van der Waals surface area contributed by atoms with Gasteiger partial charge < -0.3 is 5.32 Å². The van der Waals surface area contributed by atoms with E-state index >= 15 is 0 Å². The first-order valence-electron chi connectivity index (χ1n) is 6.72. The van der Waals surface area contributed by atoms with E-state index in [2.05, 4.69) is 21.2 Å². The van der Waals surface area contributed by atoms with E-state index in [0.29, 0.717) is 31.7 Å². The standard InChI is InChI=1S/C13H21BrF3NO/c1-8(2)11(14)7-18-12(19)9-5-3-4-6-10(9)13(15,16)17/h8-11H,3-7H2,1-2H3,(H,18,19). The number of amides is 1. The van der Waals surface area contributed by atoms with Crippen LogP contribution in [0.15, 0.2) is 0 Å². The molecule has 112 valence electrons. The molecule has 2 nitrogen and oxygen atoms in total. The fourth-order valence-corrected chi connectivity index (χ4v) is 2.56. The first-order chi connectivity index (χ1) is 8.73. The Morgan fingerprint density at radius 1 is 1.32 bits per heavy atom. The molecule has 1 rings (SSSR count). The fraction of sp³-hybridized carbons (Fsp3) is 0.923. The maximum absolute atomic E-state index is 12.9. The van der Waals surface area contributed by atoms with Crippen LogP contribution in [-0.4, -0.2) is 23.5 Å². The predicted molar refractivity (Wildman–Crippen MR) is 72.1 cm³/mol. The topological polar surface area (TPSA) is 29.1 Å². The van der Waals surface area contributed by atoms with Gasteiger partial charge >= 0.3 is 6.18 Å². The van der Waals surface area contributed by atoms with E-state index in [1.54, 1.807) is 0 Å². The summed E-state index contributed by atoms with van der Waals surface area (Å²) in [6.45, 7) is 4.35. The molecule has 0 radical (unpaired) electrons.